The average Bonchev–Trinajstić information content (AvgIpc) is 2.26. The zero-order valence-electron chi connectivity index (χ0n) is 9.82. The van der Waals surface area contributed by atoms with Gasteiger partial charge in [0.05, 0.1) is 0 Å². The largest absolute Gasteiger partial charge is 0.360 e. The molecule has 0 saturated heterocycles. The first-order valence-corrected chi connectivity index (χ1v) is 5.66. The summed E-state index contributed by atoms with van der Waals surface area (Å²) in [7, 11) is 0. The maximum atomic E-state index is 11.2. The molecule has 1 aromatic rings. The first kappa shape index (κ1) is 13.4. The van der Waals surface area contributed by atoms with E-state index in [1.807, 2.05) is 9.97 Å². The van der Waals surface area contributed by atoms with Crippen molar-refractivity contribution in [3.05, 3.63) is 31.5 Å². The van der Waals surface area contributed by atoms with E-state index in [4.69, 9.17) is 4.74 Å². The molecular formula is C10H17N3O4. The lowest BCUT2D eigenvalue weighted by Crippen LogP contribution is -2.43. The van der Waals surface area contributed by atoms with Gasteiger partial charge in [-0.1, -0.05) is 26.2 Å². The Morgan fingerprint density at radius 1 is 1.06 bits per heavy atom. The van der Waals surface area contributed by atoms with Crippen LogP contribution in [0.4, 0.5) is 0 Å². The van der Waals surface area contributed by atoms with Gasteiger partial charge in [-0.2, -0.15) is 0 Å². The van der Waals surface area contributed by atoms with Crippen LogP contribution in [-0.4, -0.2) is 21.1 Å². The smallest absolute Gasteiger partial charge is 0.335 e. The first-order chi connectivity index (χ1) is 8.15. The SMILES string of the molecule is CCCCCCOCn1c(=O)[nH]c(=O)[nH]c1=O. The number of hydrogen-bond acceptors (Lipinski definition) is 4. The Morgan fingerprint density at radius 3 is 2.29 bits per heavy atom. The van der Waals surface area contributed by atoms with Gasteiger partial charge in [0.15, 0.2) is 0 Å². The second-order valence-corrected chi connectivity index (χ2v) is 3.72. The van der Waals surface area contributed by atoms with Crippen molar-refractivity contribution >= 4 is 0 Å². The maximum Gasteiger partial charge on any atom is 0.335 e. The summed E-state index contributed by atoms with van der Waals surface area (Å²) in [4.78, 5) is 37.1. The molecule has 1 heterocycles. The van der Waals surface area contributed by atoms with E-state index in [9.17, 15) is 14.4 Å². The van der Waals surface area contributed by atoms with Gasteiger partial charge >= 0.3 is 17.1 Å². The number of nitrogens with one attached hydrogen (secondary N) is 2. The van der Waals surface area contributed by atoms with Crippen LogP contribution in [0.3, 0.4) is 0 Å². The van der Waals surface area contributed by atoms with Crippen molar-refractivity contribution in [3.63, 3.8) is 0 Å². The van der Waals surface area contributed by atoms with Gasteiger partial charge in [0.25, 0.3) is 0 Å². The third-order valence-corrected chi connectivity index (χ3v) is 2.29. The van der Waals surface area contributed by atoms with Gasteiger partial charge in [-0.05, 0) is 6.42 Å². The van der Waals surface area contributed by atoms with Crippen molar-refractivity contribution in [1.82, 2.24) is 14.5 Å². The van der Waals surface area contributed by atoms with Crippen LogP contribution in [0.25, 0.3) is 0 Å². The van der Waals surface area contributed by atoms with Crippen LogP contribution >= 0.6 is 0 Å². The van der Waals surface area contributed by atoms with Gasteiger partial charge in [0.1, 0.15) is 6.73 Å². The number of hydrogen-bond donors (Lipinski definition) is 2. The van der Waals surface area contributed by atoms with E-state index in [0.29, 0.717) is 6.61 Å². The highest BCUT2D eigenvalue weighted by Gasteiger charge is 2.01. The highest BCUT2D eigenvalue weighted by molar-refractivity contribution is 4.67. The summed E-state index contributed by atoms with van der Waals surface area (Å²) in [6, 6.07) is 0. The van der Waals surface area contributed by atoms with Gasteiger partial charge in [0.2, 0.25) is 0 Å². The summed E-state index contributed by atoms with van der Waals surface area (Å²) in [6.07, 6.45) is 4.23. The van der Waals surface area contributed by atoms with Crippen LogP contribution in [0.2, 0.25) is 0 Å². The molecule has 0 aliphatic rings. The molecule has 0 saturated carbocycles. The third-order valence-electron chi connectivity index (χ3n) is 2.29. The normalized spacial score (nSPS) is 10.6. The van der Waals surface area contributed by atoms with Crippen molar-refractivity contribution in [1.29, 1.82) is 0 Å². The van der Waals surface area contributed by atoms with Crippen LogP contribution < -0.4 is 17.1 Å². The van der Waals surface area contributed by atoms with Gasteiger partial charge in [0, 0.05) is 6.61 Å². The highest BCUT2D eigenvalue weighted by atomic mass is 16.5. The minimum absolute atomic E-state index is 0.142. The molecule has 17 heavy (non-hydrogen) atoms. The Hall–Kier alpha value is -1.63. The molecular weight excluding hydrogens is 226 g/mol. The molecule has 7 heteroatoms. The molecule has 0 aliphatic heterocycles. The van der Waals surface area contributed by atoms with Crippen LogP contribution in [0.1, 0.15) is 32.6 Å². The summed E-state index contributed by atoms with van der Waals surface area (Å²) in [5.74, 6) is 0. The Labute approximate surface area is 97.5 Å². The van der Waals surface area contributed by atoms with E-state index in [2.05, 4.69) is 6.92 Å². The van der Waals surface area contributed by atoms with Gasteiger partial charge in [-0.25, -0.2) is 19.0 Å². The summed E-state index contributed by atoms with van der Waals surface area (Å²) in [6.45, 7) is 2.46. The Balaban J connectivity index is 2.45. The molecule has 2 N–H and O–H groups in total. The lowest BCUT2D eigenvalue weighted by Gasteiger charge is -2.04. The average molecular weight is 243 g/mol. The van der Waals surface area contributed by atoms with Crippen molar-refractivity contribution < 1.29 is 4.74 Å². The molecule has 0 atom stereocenters. The van der Waals surface area contributed by atoms with Crippen LogP contribution in [0, 0.1) is 0 Å². The number of unbranched alkanes of at least 4 members (excludes halogenated alkanes) is 3. The summed E-state index contributed by atoms with van der Waals surface area (Å²) in [5.41, 5.74) is -2.32. The molecule has 7 nitrogen and oxygen atoms in total. The number of H-pyrrole nitrogens is 2. The molecule has 0 unspecified atom stereocenters. The van der Waals surface area contributed by atoms with Crippen LogP contribution in [-0.2, 0) is 11.5 Å². The van der Waals surface area contributed by atoms with Gasteiger partial charge < -0.3 is 4.74 Å². The topological polar surface area (TPSA) is 96.9 Å². The number of aromatic amines is 2. The number of ether oxygens (including phenoxy) is 1. The summed E-state index contributed by atoms with van der Waals surface area (Å²) >= 11 is 0. The Kier molecular flexibility index (Phi) is 5.41. The van der Waals surface area contributed by atoms with E-state index in [-0.39, 0.29) is 6.73 Å². The van der Waals surface area contributed by atoms with Crippen molar-refractivity contribution in [2.75, 3.05) is 6.61 Å². The predicted octanol–water partition coefficient (Wildman–Crippen LogP) is -0.221. The number of rotatable bonds is 7. The highest BCUT2D eigenvalue weighted by Crippen LogP contribution is 1.98. The van der Waals surface area contributed by atoms with Crippen molar-refractivity contribution in [3.8, 4) is 0 Å². The summed E-state index contributed by atoms with van der Waals surface area (Å²) < 4.78 is 6.00. The molecule has 1 rings (SSSR count). The molecule has 0 amide bonds. The van der Waals surface area contributed by atoms with E-state index in [1.54, 1.807) is 0 Å². The molecule has 0 spiro atoms. The van der Waals surface area contributed by atoms with Crippen LogP contribution in [0.5, 0.6) is 0 Å². The Morgan fingerprint density at radius 2 is 1.71 bits per heavy atom. The van der Waals surface area contributed by atoms with E-state index < -0.39 is 17.1 Å². The van der Waals surface area contributed by atoms with Gasteiger partial charge in [-0.3, -0.25) is 9.97 Å². The molecule has 0 aromatic carbocycles. The fourth-order valence-electron chi connectivity index (χ4n) is 1.36. The minimum Gasteiger partial charge on any atom is -0.360 e. The fourth-order valence-corrected chi connectivity index (χ4v) is 1.36. The monoisotopic (exact) mass is 243 g/mol. The van der Waals surface area contributed by atoms with E-state index in [0.717, 1.165) is 30.3 Å². The zero-order valence-corrected chi connectivity index (χ0v) is 9.82. The second-order valence-electron chi connectivity index (χ2n) is 3.72. The lowest BCUT2D eigenvalue weighted by atomic mass is 10.2. The maximum absolute atomic E-state index is 11.2. The molecule has 0 fully saturated rings. The molecule has 0 aliphatic carbocycles. The zero-order chi connectivity index (χ0) is 12.7. The van der Waals surface area contributed by atoms with Crippen molar-refractivity contribution in [2.24, 2.45) is 0 Å². The molecule has 0 bridgehead atoms. The molecule has 96 valence electrons. The molecule has 0 radical (unpaired) electrons. The molecule has 1 aromatic heterocycles. The lowest BCUT2D eigenvalue weighted by molar-refractivity contribution is 0.0675. The van der Waals surface area contributed by atoms with E-state index in [1.165, 1.54) is 0 Å². The fraction of sp³-hybridized carbons (Fsp3) is 0.700. The number of aromatic nitrogens is 3. The Bertz CT molecular complexity index is 465. The van der Waals surface area contributed by atoms with Gasteiger partial charge in [-0.15, -0.1) is 0 Å². The number of nitrogens with zero attached hydrogens (tertiary/aromatic N) is 1. The first-order valence-electron chi connectivity index (χ1n) is 5.66. The summed E-state index contributed by atoms with van der Waals surface area (Å²) in [5, 5.41) is 0. The minimum atomic E-state index is -0.806. The van der Waals surface area contributed by atoms with E-state index >= 15 is 0 Å². The quantitative estimate of drug-likeness (QED) is 0.647. The second kappa shape index (κ2) is 6.85. The standard InChI is InChI=1S/C10H17N3O4/c1-2-3-4-5-6-17-7-13-9(15)11-8(14)12-10(13)16/h2-7H2,1H3,(H2,11,12,14,15,16). The predicted molar refractivity (Wildman–Crippen MR) is 62.0 cm³/mol. The van der Waals surface area contributed by atoms with Crippen molar-refractivity contribution in [2.45, 2.75) is 39.3 Å². The van der Waals surface area contributed by atoms with Crippen LogP contribution in [0.15, 0.2) is 14.4 Å². The third kappa shape index (κ3) is 4.39.